The summed E-state index contributed by atoms with van der Waals surface area (Å²) in [6.07, 6.45) is 12.1. The Morgan fingerprint density at radius 2 is 2.07 bits per heavy atom. The van der Waals surface area contributed by atoms with Gasteiger partial charge in [0.05, 0.1) is 35.7 Å². The van der Waals surface area contributed by atoms with Gasteiger partial charge in [0.2, 0.25) is 0 Å². The molecule has 2 aromatic heterocycles. The molecule has 27 heavy (non-hydrogen) atoms. The van der Waals surface area contributed by atoms with Crippen LogP contribution in [0.1, 0.15) is 31.4 Å². The van der Waals surface area contributed by atoms with Crippen LogP contribution in [0.25, 0.3) is 11.4 Å². The van der Waals surface area contributed by atoms with Crippen LogP contribution in [0.4, 0.5) is 0 Å². The van der Waals surface area contributed by atoms with Crippen LogP contribution >= 0.6 is 0 Å². The number of aliphatic hydroxyl groups is 1. The second kappa shape index (κ2) is 8.04. The fourth-order valence-electron chi connectivity index (χ4n) is 4.32. The Morgan fingerprint density at radius 3 is 2.85 bits per heavy atom. The maximum absolute atomic E-state index is 10.8. The number of hydrogen-bond acceptors (Lipinski definition) is 6. The molecule has 0 aromatic carbocycles. The predicted octanol–water partition coefficient (Wildman–Crippen LogP) is 1.67. The van der Waals surface area contributed by atoms with E-state index in [-0.39, 0.29) is 0 Å². The van der Waals surface area contributed by atoms with Gasteiger partial charge in [0, 0.05) is 52.4 Å². The molecule has 7 heteroatoms. The van der Waals surface area contributed by atoms with E-state index in [0.29, 0.717) is 19.1 Å². The second-order valence-electron chi connectivity index (χ2n) is 8.07. The quantitative estimate of drug-likeness (QED) is 0.862. The molecule has 2 aliphatic rings. The molecule has 0 amide bonds. The third-order valence-corrected chi connectivity index (χ3v) is 5.81. The number of likely N-dealkylation sites (tertiary alicyclic amines) is 1. The van der Waals surface area contributed by atoms with E-state index in [0.717, 1.165) is 56.0 Å². The van der Waals surface area contributed by atoms with Crippen molar-refractivity contribution in [2.45, 2.75) is 37.7 Å². The molecule has 0 bridgehead atoms. The van der Waals surface area contributed by atoms with Gasteiger partial charge in [-0.2, -0.15) is 0 Å². The molecular weight excluding hydrogens is 342 g/mol. The first-order valence-electron chi connectivity index (χ1n) is 9.91. The smallest absolute Gasteiger partial charge is 0.107 e. The zero-order valence-electron chi connectivity index (χ0n) is 16.0. The van der Waals surface area contributed by atoms with Crippen LogP contribution in [0.3, 0.4) is 0 Å². The molecule has 0 radical (unpaired) electrons. The Kier molecular flexibility index (Phi) is 5.52. The molecule has 1 atom stereocenters. The van der Waals surface area contributed by atoms with E-state index in [4.69, 9.17) is 9.72 Å². The number of piperidine rings is 1. The van der Waals surface area contributed by atoms with Gasteiger partial charge >= 0.3 is 0 Å². The monoisotopic (exact) mass is 371 g/mol. The molecule has 0 saturated carbocycles. The molecule has 0 unspecified atom stereocenters. The Hall–Kier alpha value is -1.83. The first kappa shape index (κ1) is 18.5. The molecule has 4 heterocycles. The van der Waals surface area contributed by atoms with Crippen molar-refractivity contribution >= 4 is 0 Å². The molecule has 2 fully saturated rings. The summed E-state index contributed by atoms with van der Waals surface area (Å²) in [5, 5.41) is 10.8. The van der Waals surface area contributed by atoms with Crippen LogP contribution in [-0.4, -0.2) is 68.0 Å². The summed E-state index contributed by atoms with van der Waals surface area (Å²) in [5.74, 6) is 0.554. The summed E-state index contributed by atoms with van der Waals surface area (Å²) < 4.78 is 7.37. The lowest BCUT2D eigenvalue weighted by atomic mass is 9.89. The number of hydrogen-bond donors (Lipinski definition) is 1. The van der Waals surface area contributed by atoms with Gasteiger partial charge in [0.1, 0.15) is 5.69 Å². The first-order valence-corrected chi connectivity index (χ1v) is 9.91. The minimum Gasteiger partial charge on any atom is -0.388 e. The number of nitrogens with zero attached hydrogens (tertiary/aromatic N) is 5. The molecule has 4 rings (SSSR count). The molecular formula is C20H29N5O2. The minimum absolute atomic E-state index is 0.554. The van der Waals surface area contributed by atoms with Crippen molar-refractivity contribution in [2.24, 2.45) is 13.0 Å². The highest BCUT2D eigenvalue weighted by Crippen LogP contribution is 2.26. The number of aromatic nitrogens is 4. The number of β-amino-alcohol motifs (C(OH)–C–C–N with tert-alkyl or cyclic N) is 1. The standard InChI is InChI=1S/C20H29N5O2/c1-24-15-22-12-19(24)18-11-21-10-17(23-18)9-16-3-2-6-25(13-16)14-20(26)4-7-27-8-5-20/h10-12,15-16,26H,2-9,13-14H2,1H3/t16-/m0/s1. The van der Waals surface area contributed by atoms with Crippen molar-refractivity contribution in [3.63, 3.8) is 0 Å². The molecule has 0 aliphatic carbocycles. The van der Waals surface area contributed by atoms with Crippen molar-refractivity contribution in [3.05, 3.63) is 30.6 Å². The van der Waals surface area contributed by atoms with Gasteiger partial charge in [-0.05, 0) is 31.7 Å². The van der Waals surface area contributed by atoms with Gasteiger partial charge in [0.25, 0.3) is 0 Å². The topological polar surface area (TPSA) is 76.3 Å². The maximum atomic E-state index is 10.8. The van der Waals surface area contributed by atoms with E-state index in [9.17, 15) is 5.11 Å². The summed E-state index contributed by atoms with van der Waals surface area (Å²) >= 11 is 0. The highest BCUT2D eigenvalue weighted by Gasteiger charge is 2.33. The molecule has 2 aromatic rings. The summed E-state index contributed by atoms with van der Waals surface area (Å²) in [6.45, 7) is 4.18. The van der Waals surface area contributed by atoms with Crippen LogP contribution in [0.15, 0.2) is 24.9 Å². The third kappa shape index (κ3) is 4.54. The third-order valence-electron chi connectivity index (χ3n) is 5.81. The number of ether oxygens (including phenoxy) is 1. The Labute approximate surface area is 160 Å². The summed E-state index contributed by atoms with van der Waals surface area (Å²) in [4.78, 5) is 15.8. The SMILES string of the molecule is Cn1cncc1-c1cncc(C[C@@H]2CCCN(CC3(O)CCOCC3)C2)n1. The normalized spacial score (nSPS) is 23.4. The Bertz CT molecular complexity index is 756. The van der Waals surface area contributed by atoms with Gasteiger partial charge < -0.3 is 19.3 Å². The average Bonchev–Trinajstić information content (AvgIpc) is 3.08. The van der Waals surface area contributed by atoms with Gasteiger partial charge in [-0.3, -0.25) is 4.98 Å². The van der Waals surface area contributed by atoms with Crippen LogP contribution < -0.4 is 0 Å². The molecule has 0 spiro atoms. The molecule has 1 N–H and O–H groups in total. The lowest BCUT2D eigenvalue weighted by Gasteiger charge is -2.40. The number of aryl methyl sites for hydroxylation is 1. The highest BCUT2D eigenvalue weighted by molar-refractivity contribution is 5.52. The number of rotatable bonds is 5. The molecule has 2 aliphatic heterocycles. The minimum atomic E-state index is -0.584. The van der Waals surface area contributed by atoms with Crippen molar-refractivity contribution in [1.82, 2.24) is 24.4 Å². The van der Waals surface area contributed by atoms with Gasteiger partial charge in [-0.1, -0.05) is 0 Å². The van der Waals surface area contributed by atoms with E-state index in [1.165, 1.54) is 12.8 Å². The van der Waals surface area contributed by atoms with E-state index in [1.54, 1.807) is 12.5 Å². The van der Waals surface area contributed by atoms with E-state index < -0.39 is 5.60 Å². The fourth-order valence-corrected chi connectivity index (χ4v) is 4.32. The Balaban J connectivity index is 1.39. The van der Waals surface area contributed by atoms with Crippen molar-refractivity contribution in [3.8, 4) is 11.4 Å². The fraction of sp³-hybridized carbons (Fsp3) is 0.650. The predicted molar refractivity (Wildman–Crippen MR) is 102 cm³/mol. The van der Waals surface area contributed by atoms with Crippen LogP contribution in [0, 0.1) is 5.92 Å². The summed E-state index contributed by atoms with van der Waals surface area (Å²) in [6, 6.07) is 0. The van der Waals surface area contributed by atoms with Crippen LogP contribution in [-0.2, 0) is 18.2 Å². The Morgan fingerprint density at radius 1 is 1.22 bits per heavy atom. The van der Waals surface area contributed by atoms with Gasteiger partial charge in [-0.25, -0.2) is 9.97 Å². The second-order valence-corrected chi connectivity index (χ2v) is 8.07. The molecule has 146 valence electrons. The van der Waals surface area contributed by atoms with Crippen molar-refractivity contribution < 1.29 is 9.84 Å². The van der Waals surface area contributed by atoms with Gasteiger partial charge in [-0.15, -0.1) is 0 Å². The lowest BCUT2D eigenvalue weighted by Crippen LogP contribution is -2.49. The summed E-state index contributed by atoms with van der Waals surface area (Å²) in [7, 11) is 1.97. The average molecular weight is 371 g/mol. The molecule has 7 nitrogen and oxygen atoms in total. The van der Waals surface area contributed by atoms with Crippen LogP contribution in [0.5, 0.6) is 0 Å². The molecule has 2 saturated heterocycles. The largest absolute Gasteiger partial charge is 0.388 e. The highest BCUT2D eigenvalue weighted by atomic mass is 16.5. The van der Waals surface area contributed by atoms with E-state index >= 15 is 0 Å². The zero-order valence-corrected chi connectivity index (χ0v) is 16.0. The van der Waals surface area contributed by atoms with Crippen molar-refractivity contribution in [2.75, 3.05) is 32.8 Å². The maximum Gasteiger partial charge on any atom is 0.107 e. The van der Waals surface area contributed by atoms with Crippen LogP contribution in [0.2, 0.25) is 0 Å². The number of imidazole rings is 1. The zero-order chi connectivity index (χ0) is 18.7. The van der Waals surface area contributed by atoms with E-state index in [1.807, 2.05) is 24.0 Å². The lowest BCUT2D eigenvalue weighted by molar-refractivity contribution is -0.0838. The van der Waals surface area contributed by atoms with Gasteiger partial charge in [0.15, 0.2) is 0 Å². The summed E-state index contributed by atoms with van der Waals surface area (Å²) in [5.41, 5.74) is 2.30. The first-order chi connectivity index (χ1) is 13.1. The van der Waals surface area contributed by atoms with E-state index in [2.05, 4.69) is 14.9 Å². The van der Waals surface area contributed by atoms with Crippen molar-refractivity contribution in [1.29, 1.82) is 0 Å².